The first-order chi connectivity index (χ1) is 16.4. The van der Waals surface area contributed by atoms with Gasteiger partial charge >= 0.3 is 6.03 Å². The molecule has 1 amide bonds. The molecule has 182 valence electrons. The molecule has 34 heavy (non-hydrogen) atoms. The van der Waals surface area contributed by atoms with Crippen molar-refractivity contribution in [2.24, 2.45) is 0 Å². The standard InChI is InChI=1S/C27H38N6O/c1-21(2)28-25-9-16-33(29-25)26(34)31-17-11-27(12-18-31)10-6-15-32(27)20-23-8-7-22(3)19-24(23)30-13-4-5-14-30/h7-9,16,19H,1,4-6,10-15,17-18,20H2,2-3H3,(H,28,29). The highest BCUT2D eigenvalue weighted by Gasteiger charge is 2.44. The van der Waals surface area contributed by atoms with Crippen molar-refractivity contribution >= 4 is 17.5 Å². The van der Waals surface area contributed by atoms with Crippen LogP contribution in [0, 0.1) is 6.92 Å². The third-order valence-electron chi connectivity index (χ3n) is 7.88. The van der Waals surface area contributed by atoms with Crippen LogP contribution < -0.4 is 10.2 Å². The van der Waals surface area contributed by atoms with Crippen molar-refractivity contribution < 1.29 is 4.79 Å². The van der Waals surface area contributed by atoms with Crippen molar-refractivity contribution in [1.82, 2.24) is 19.6 Å². The van der Waals surface area contributed by atoms with Gasteiger partial charge in [-0.3, -0.25) is 4.90 Å². The lowest BCUT2D eigenvalue weighted by molar-refractivity contribution is 0.0586. The number of amides is 1. The number of aryl methyl sites for hydroxylation is 1. The number of rotatable bonds is 5. The Balaban J connectivity index is 1.26. The van der Waals surface area contributed by atoms with E-state index in [2.05, 4.69) is 51.9 Å². The van der Waals surface area contributed by atoms with Crippen LogP contribution in [0.3, 0.4) is 0 Å². The Morgan fingerprint density at radius 2 is 1.82 bits per heavy atom. The van der Waals surface area contributed by atoms with Crippen LogP contribution >= 0.6 is 0 Å². The molecule has 0 unspecified atom stereocenters. The summed E-state index contributed by atoms with van der Waals surface area (Å²) >= 11 is 0. The van der Waals surface area contributed by atoms with Gasteiger partial charge in [-0.05, 0) is 76.1 Å². The lowest BCUT2D eigenvalue weighted by Crippen LogP contribution is -2.53. The normalized spacial score (nSPS) is 20.3. The Morgan fingerprint density at radius 1 is 1.06 bits per heavy atom. The minimum atomic E-state index is -0.0379. The number of carbonyl (C=O) groups excluding carboxylic acids is 1. The fourth-order valence-electron chi connectivity index (χ4n) is 6.05. The topological polar surface area (TPSA) is 56.6 Å². The predicted octanol–water partition coefficient (Wildman–Crippen LogP) is 4.84. The number of allylic oxidation sites excluding steroid dienone is 1. The van der Waals surface area contributed by atoms with E-state index in [0.717, 1.165) is 44.7 Å². The molecule has 3 fully saturated rings. The highest BCUT2D eigenvalue weighted by atomic mass is 16.2. The van der Waals surface area contributed by atoms with Gasteiger partial charge in [-0.25, -0.2) is 4.79 Å². The van der Waals surface area contributed by atoms with E-state index in [1.807, 2.05) is 17.9 Å². The number of hydrogen-bond acceptors (Lipinski definition) is 5. The minimum Gasteiger partial charge on any atom is -0.371 e. The van der Waals surface area contributed by atoms with Crippen LogP contribution in [0.4, 0.5) is 16.3 Å². The Morgan fingerprint density at radius 3 is 2.56 bits per heavy atom. The third-order valence-corrected chi connectivity index (χ3v) is 7.88. The van der Waals surface area contributed by atoms with Gasteiger partial charge in [0.25, 0.3) is 0 Å². The fraction of sp³-hybridized carbons (Fsp3) is 0.556. The molecule has 1 aromatic heterocycles. The first kappa shape index (κ1) is 23.0. The zero-order valence-electron chi connectivity index (χ0n) is 20.7. The molecular formula is C27H38N6O. The summed E-state index contributed by atoms with van der Waals surface area (Å²) in [6, 6.07) is 8.77. The molecular weight excluding hydrogens is 424 g/mol. The molecule has 3 aliphatic rings. The fourth-order valence-corrected chi connectivity index (χ4v) is 6.05. The van der Waals surface area contributed by atoms with Gasteiger partial charge < -0.3 is 15.1 Å². The maximum Gasteiger partial charge on any atom is 0.344 e. The molecule has 7 heteroatoms. The number of nitrogens with zero attached hydrogens (tertiary/aromatic N) is 5. The number of aromatic nitrogens is 2. The van der Waals surface area contributed by atoms with Crippen LogP contribution in [0.5, 0.6) is 0 Å². The number of benzene rings is 1. The Kier molecular flexibility index (Phi) is 6.38. The van der Waals surface area contributed by atoms with Crippen molar-refractivity contribution in [2.45, 2.75) is 64.5 Å². The molecule has 5 rings (SSSR count). The van der Waals surface area contributed by atoms with E-state index in [-0.39, 0.29) is 11.6 Å². The van der Waals surface area contributed by atoms with Gasteiger partial charge in [0.05, 0.1) is 0 Å². The average Bonchev–Trinajstić information content (AvgIpc) is 3.58. The summed E-state index contributed by atoms with van der Waals surface area (Å²) in [5.74, 6) is 0.656. The zero-order chi connectivity index (χ0) is 23.7. The smallest absolute Gasteiger partial charge is 0.344 e. The highest BCUT2D eigenvalue weighted by molar-refractivity contribution is 5.76. The van der Waals surface area contributed by atoms with Crippen LogP contribution in [0.2, 0.25) is 0 Å². The first-order valence-electron chi connectivity index (χ1n) is 12.8. The van der Waals surface area contributed by atoms with Crippen molar-refractivity contribution in [3.05, 3.63) is 53.9 Å². The third kappa shape index (κ3) is 4.58. The molecule has 1 spiro atoms. The van der Waals surface area contributed by atoms with E-state index in [4.69, 9.17) is 0 Å². The van der Waals surface area contributed by atoms with Gasteiger partial charge in [0.1, 0.15) is 0 Å². The summed E-state index contributed by atoms with van der Waals surface area (Å²) in [6.45, 7) is 14.0. The molecule has 3 aliphatic heterocycles. The molecule has 0 atom stereocenters. The van der Waals surface area contributed by atoms with Gasteiger partial charge in [-0.2, -0.15) is 4.68 Å². The molecule has 1 N–H and O–H groups in total. The number of carbonyl (C=O) groups is 1. The molecule has 0 aliphatic carbocycles. The second kappa shape index (κ2) is 9.45. The molecule has 1 aromatic carbocycles. The lowest BCUT2D eigenvalue weighted by atomic mass is 9.84. The lowest BCUT2D eigenvalue weighted by Gasteiger charge is -2.45. The van der Waals surface area contributed by atoms with Gasteiger partial charge in [-0.15, -0.1) is 5.10 Å². The van der Waals surface area contributed by atoms with E-state index in [1.165, 1.54) is 60.3 Å². The maximum atomic E-state index is 13.1. The molecule has 2 aromatic rings. The molecule has 7 nitrogen and oxygen atoms in total. The van der Waals surface area contributed by atoms with Crippen LogP contribution in [0.25, 0.3) is 0 Å². The number of piperidine rings is 1. The van der Waals surface area contributed by atoms with Crippen LogP contribution in [0.15, 0.2) is 42.7 Å². The van der Waals surface area contributed by atoms with Crippen molar-refractivity contribution in [1.29, 1.82) is 0 Å². The van der Waals surface area contributed by atoms with E-state index in [9.17, 15) is 4.79 Å². The quantitative estimate of drug-likeness (QED) is 0.689. The van der Waals surface area contributed by atoms with Crippen LogP contribution in [-0.4, -0.2) is 63.9 Å². The predicted molar refractivity (Wildman–Crippen MR) is 137 cm³/mol. The maximum absolute atomic E-state index is 13.1. The number of likely N-dealkylation sites (tertiary alicyclic amines) is 2. The minimum absolute atomic E-state index is 0.0379. The molecule has 0 saturated carbocycles. The molecule has 0 radical (unpaired) electrons. The summed E-state index contributed by atoms with van der Waals surface area (Å²) in [5, 5.41) is 7.45. The monoisotopic (exact) mass is 462 g/mol. The van der Waals surface area contributed by atoms with Crippen molar-refractivity contribution in [2.75, 3.05) is 42.9 Å². The van der Waals surface area contributed by atoms with E-state index >= 15 is 0 Å². The SMILES string of the molecule is C=C(C)Nc1ccn(C(=O)N2CCC3(CCCN3Cc3ccc(C)cc3N3CCCC3)CC2)n1. The van der Waals surface area contributed by atoms with Crippen molar-refractivity contribution in [3.63, 3.8) is 0 Å². The van der Waals surface area contributed by atoms with Crippen LogP contribution in [-0.2, 0) is 6.54 Å². The zero-order valence-corrected chi connectivity index (χ0v) is 20.7. The van der Waals surface area contributed by atoms with E-state index in [1.54, 1.807) is 6.20 Å². The molecule has 3 saturated heterocycles. The highest BCUT2D eigenvalue weighted by Crippen LogP contribution is 2.40. The molecule has 0 bridgehead atoms. The summed E-state index contributed by atoms with van der Waals surface area (Å²) in [6.07, 6.45) is 8.86. The Labute approximate surface area is 203 Å². The molecule has 4 heterocycles. The summed E-state index contributed by atoms with van der Waals surface area (Å²) in [4.78, 5) is 20.3. The van der Waals surface area contributed by atoms with Crippen molar-refractivity contribution in [3.8, 4) is 0 Å². The average molecular weight is 463 g/mol. The Bertz CT molecular complexity index is 1050. The summed E-state index contributed by atoms with van der Waals surface area (Å²) in [5.41, 5.74) is 5.25. The second-order valence-corrected chi connectivity index (χ2v) is 10.4. The van der Waals surface area contributed by atoms with Gasteiger partial charge in [0.15, 0.2) is 5.82 Å². The second-order valence-electron chi connectivity index (χ2n) is 10.4. The number of hydrogen-bond donors (Lipinski definition) is 1. The van der Waals surface area contributed by atoms with Gasteiger partial charge in [-0.1, -0.05) is 18.7 Å². The Hall–Kier alpha value is -2.80. The van der Waals surface area contributed by atoms with E-state index in [0.29, 0.717) is 5.82 Å². The summed E-state index contributed by atoms with van der Waals surface area (Å²) in [7, 11) is 0. The van der Waals surface area contributed by atoms with Gasteiger partial charge in [0.2, 0.25) is 0 Å². The van der Waals surface area contributed by atoms with E-state index < -0.39 is 0 Å². The number of nitrogens with one attached hydrogen (secondary N) is 1. The first-order valence-corrected chi connectivity index (χ1v) is 12.8. The van der Waals surface area contributed by atoms with Crippen LogP contribution in [0.1, 0.15) is 56.6 Å². The number of anilines is 2. The largest absolute Gasteiger partial charge is 0.371 e. The summed E-state index contributed by atoms with van der Waals surface area (Å²) < 4.78 is 1.45. The van der Waals surface area contributed by atoms with Gasteiger partial charge in [0, 0.05) is 61.9 Å².